The number of benzene rings is 2. The van der Waals surface area contributed by atoms with E-state index in [-0.39, 0.29) is 34.3 Å². The Bertz CT molecular complexity index is 1150. The van der Waals surface area contributed by atoms with Gasteiger partial charge in [-0.2, -0.15) is 0 Å². The second-order valence-electron chi connectivity index (χ2n) is 7.94. The Balaban J connectivity index is 1.55. The molecule has 2 aromatic carbocycles. The first-order valence-corrected chi connectivity index (χ1v) is 10.6. The van der Waals surface area contributed by atoms with Crippen LogP contribution in [0.15, 0.2) is 45.6 Å². The zero-order chi connectivity index (χ0) is 21.4. The van der Waals surface area contributed by atoms with E-state index in [1.807, 2.05) is 24.3 Å². The van der Waals surface area contributed by atoms with Gasteiger partial charge in [0.2, 0.25) is 5.75 Å². The molecule has 0 radical (unpaired) electrons. The van der Waals surface area contributed by atoms with Crippen molar-refractivity contribution in [1.29, 1.82) is 0 Å². The molecule has 0 saturated carbocycles. The van der Waals surface area contributed by atoms with E-state index >= 15 is 0 Å². The van der Waals surface area contributed by atoms with Gasteiger partial charge in [0.15, 0.2) is 16.8 Å². The molecule has 3 heterocycles. The summed E-state index contributed by atoms with van der Waals surface area (Å²) >= 11 is 0. The van der Waals surface area contributed by atoms with Crippen molar-refractivity contribution in [3.63, 3.8) is 0 Å². The van der Waals surface area contributed by atoms with Crippen molar-refractivity contribution in [1.82, 2.24) is 10.6 Å². The average Bonchev–Trinajstić information content (AvgIpc) is 3.30. The van der Waals surface area contributed by atoms with Crippen molar-refractivity contribution in [2.75, 3.05) is 44.2 Å². The number of aromatic hydroxyl groups is 2. The highest BCUT2D eigenvalue weighted by Crippen LogP contribution is 2.41. The van der Waals surface area contributed by atoms with Crippen LogP contribution in [0.2, 0.25) is 0 Å². The fraction of sp³-hybridized carbons (Fsp3) is 0.348. The average molecular weight is 423 g/mol. The zero-order valence-electron chi connectivity index (χ0n) is 17.1. The van der Waals surface area contributed by atoms with Crippen LogP contribution in [0.3, 0.4) is 0 Å². The second-order valence-corrected chi connectivity index (χ2v) is 7.94. The molecule has 5 rings (SSSR count). The van der Waals surface area contributed by atoms with Crippen molar-refractivity contribution in [2.24, 2.45) is 0 Å². The lowest BCUT2D eigenvalue weighted by Crippen LogP contribution is -2.43. The van der Waals surface area contributed by atoms with Gasteiger partial charge in [-0.05, 0) is 37.2 Å². The van der Waals surface area contributed by atoms with E-state index < -0.39 is 5.43 Å². The summed E-state index contributed by atoms with van der Waals surface area (Å²) in [5, 5.41) is 27.2. The van der Waals surface area contributed by atoms with Gasteiger partial charge in [0.05, 0.1) is 0 Å². The van der Waals surface area contributed by atoms with Crippen molar-refractivity contribution in [3.05, 3.63) is 46.6 Å². The number of ether oxygens (including phenoxy) is 1. The van der Waals surface area contributed by atoms with Gasteiger partial charge < -0.3 is 34.9 Å². The molecule has 1 unspecified atom stereocenters. The number of phenolic OH excluding ortho intramolecular Hbond substituents is 2. The number of anilines is 1. The van der Waals surface area contributed by atoms with E-state index in [0.29, 0.717) is 12.3 Å². The van der Waals surface area contributed by atoms with Crippen LogP contribution in [0.5, 0.6) is 17.2 Å². The van der Waals surface area contributed by atoms with Crippen LogP contribution >= 0.6 is 0 Å². The fourth-order valence-corrected chi connectivity index (χ4v) is 4.19. The topological polar surface area (TPSA) is 107 Å². The van der Waals surface area contributed by atoms with Crippen molar-refractivity contribution in [3.8, 4) is 28.6 Å². The van der Waals surface area contributed by atoms with Crippen molar-refractivity contribution < 1.29 is 19.4 Å². The van der Waals surface area contributed by atoms with Crippen LogP contribution in [0.25, 0.3) is 22.3 Å². The SMILES string of the molecule is O=c1cc(-c2ccc(N3CCNCC3)cc2)oc2c(OC3CCNC3)c(O)cc(O)c12. The molecule has 0 amide bonds. The minimum Gasteiger partial charge on any atom is -0.507 e. The summed E-state index contributed by atoms with van der Waals surface area (Å²) in [5.41, 5.74) is 1.50. The monoisotopic (exact) mass is 423 g/mol. The number of nitrogens with zero attached hydrogens (tertiary/aromatic N) is 1. The molecule has 2 saturated heterocycles. The molecular formula is C23H25N3O5. The third kappa shape index (κ3) is 3.80. The van der Waals surface area contributed by atoms with E-state index in [4.69, 9.17) is 9.15 Å². The van der Waals surface area contributed by atoms with Gasteiger partial charge in [-0.3, -0.25) is 4.79 Å². The first-order chi connectivity index (χ1) is 15.1. The van der Waals surface area contributed by atoms with Crippen LogP contribution in [-0.4, -0.2) is 55.6 Å². The van der Waals surface area contributed by atoms with E-state index in [0.717, 1.165) is 56.5 Å². The molecule has 8 heteroatoms. The quantitative estimate of drug-likeness (QED) is 0.505. The molecule has 2 aliphatic heterocycles. The molecule has 31 heavy (non-hydrogen) atoms. The highest BCUT2D eigenvalue weighted by molar-refractivity contribution is 5.91. The Hall–Kier alpha value is -3.23. The molecule has 0 spiro atoms. The van der Waals surface area contributed by atoms with Crippen molar-refractivity contribution in [2.45, 2.75) is 12.5 Å². The number of piperazine rings is 1. The minimum atomic E-state index is -0.394. The maximum atomic E-state index is 12.8. The van der Waals surface area contributed by atoms with Gasteiger partial charge >= 0.3 is 0 Å². The molecule has 2 fully saturated rings. The maximum absolute atomic E-state index is 12.8. The Kier molecular flexibility index (Phi) is 5.17. The second kappa shape index (κ2) is 8.13. The molecule has 8 nitrogen and oxygen atoms in total. The number of hydrogen-bond acceptors (Lipinski definition) is 8. The molecule has 2 aliphatic rings. The highest BCUT2D eigenvalue weighted by Gasteiger charge is 2.24. The van der Waals surface area contributed by atoms with Crippen LogP contribution < -0.4 is 25.7 Å². The lowest BCUT2D eigenvalue weighted by molar-refractivity contribution is 0.214. The third-order valence-electron chi connectivity index (χ3n) is 5.85. The first kappa shape index (κ1) is 19.7. The van der Waals surface area contributed by atoms with Gasteiger partial charge in [-0.1, -0.05) is 0 Å². The molecule has 0 aliphatic carbocycles. The Morgan fingerprint density at radius 1 is 1.00 bits per heavy atom. The smallest absolute Gasteiger partial charge is 0.205 e. The van der Waals surface area contributed by atoms with E-state index in [9.17, 15) is 15.0 Å². The number of rotatable bonds is 4. The van der Waals surface area contributed by atoms with E-state index in [1.165, 1.54) is 6.07 Å². The summed E-state index contributed by atoms with van der Waals surface area (Å²) in [6.45, 7) is 5.25. The summed E-state index contributed by atoms with van der Waals surface area (Å²) in [6, 6.07) is 10.3. The van der Waals surface area contributed by atoms with E-state index in [1.54, 1.807) is 0 Å². The van der Waals surface area contributed by atoms with Gasteiger partial charge in [0, 0.05) is 56.1 Å². The number of phenols is 2. The molecule has 3 aromatic rings. The predicted molar refractivity (Wildman–Crippen MR) is 118 cm³/mol. The van der Waals surface area contributed by atoms with Gasteiger partial charge in [-0.15, -0.1) is 0 Å². The van der Waals surface area contributed by atoms with Crippen LogP contribution in [0.4, 0.5) is 5.69 Å². The minimum absolute atomic E-state index is 0.0000528. The Morgan fingerprint density at radius 2 is 1.77 bits per heavy atom. The zero-order valence-corrected chi connectivity index (χ0v) is 17.1. The van der Waals surface area contributed by atoms with Crippen LogP contribution in [0, 0.1) is 0 Å². The van der Waals surface area contributed by atoms with Crippen molar-refractivity contribution >= 4 is 16.7 Å². The summed E-state index contributed by atoms with van der Waals surface area (Å²) in [4.78, 5) is 15.1. The molecule has 4 N–H and O–H groups in total. The lowest BCUT2D eigenvalue weighted by atomic mass is 10.1. The number of hydrogen-bond donors (Lipinski definition) is 4. The normalized spacial score (nSPS) is 19.1. The lowest BCUT2D eigenvalue weighted by Gasteiger charge is -2.29. The van der Waals surface area contributed by atoms with Crippen LogP contribution in [0.1, 0.15) is 6.42 Å². The summed E-state index contributed by atoms with van der Waals surface area (Å²) in [7, 11) is 0. The maximum Gasteiger partial charge on any atom is 0.205 e. The largest absolute Gasteiger partial charge is 0.507 e. The number of nitrogens with one attached hydrogen (secondary N) is 2. The fourth-order valence-electron chi connectivity index (χ4n) is 4.19. The number of fused-ring (bicyclic) bond motifs is 1. The van der Waals surface area contributed by atoms with Gasteiger partial charge in [0.1, 0.15) is 23.0 Å². The first-order valence-electron chi connectivity index (χ1n) is 10.6. The van der Waals surface area contributed by atoms with Crippen LogP contribution in [-0.2, 0) is 0 Å². The Morgan fingerprint density at radius 3 is 2.48 bits per heavy atom. The molecule has 1 aromatic heterocycles. The molecule has 0 bridgehead atoms. The third-order valence-corrected chi connectivity index (χ3v) is 5.85. The summed E-state index contributed by atoms with van der Waals surface area (Å²) in [5.74, 6) is -0.161. The molecule has 1 atom stereocenters. The highest BCUT2D eigenvalue weighted by atomic mass is 16.5. The van der Waals surface area contributed by atoms with E-state index in [2.05, 4.69) is 15.5 Å². The summed E-state index contributed by atoms with van der Waals surface area (Å²) in [6.07, 6.45) is 0.630. The Labute approximate surface area is 179 Å². The summed E-state index contributed by atoms with van der Waals surface area (Å²) < 4.78 is 12.0. The van der Waals surface area contributed by atoms with Gasteiger partial charge in [-0.25, -0.2) is 0 Å². The predicted octanol–water partition coefficient (Wildman–Crippen LogP) is 2.02. The molecular weight excluding hydrogens is 398 g/mol. The standard InChI is InChI=1S/C23H25N3O5/c27-17-11-19(29)22(30-16-5-6-25-13-16)23-21(17)18(28)12-20(31-23)14-1-3-15(4-2-14)26-9-7-24-8-10-26/h1-4,11-12,16,24-25,27,29H,5-10,13H2. The molecule has 162 valence electrons. The van der Waals surface area contributed by atoms with Gasteiger partial charge in [0.25, 0.3) is 0 Å².